The molecule has 3 rings (SSSR count). The van der Waals surface area contributed by atoms with Crippen LogP contribution in [-0.4, -0.2) is 30.4 Å². The van der Waals surface area contributed by atoms with Crippen LogP contribution in [0.1, 0.15) is 17.0 Å². The Labute approximate surface area is 167 Å². The molecule has 2 aromatic carbocycles. The maximum absolute atomic E-state index is 11.5. The zero-order chi connectivity index (χ0) is 19.8. The number of ether oxygens (including phenoxy) is 3. The van der Waals surface area contributed by atoms with Crippen molar-refractivity contribution in [1.29, 1.82) is 0 Å². The Kier molecular flexibility index (Phi) is 6.91. The number of methoxy groups -OCH3 is 2. The van der Waals surface area contributed by atoms with Gasteiger partial charge in [-0.3, -0.25) is 4.79 Å². The van der Waals surface area contributed by atoms with Crippen molar-refractivity contribution in [3.05, 3.63) is 65.5 Å². The van der Waals surface area contributed by atoms with E-state index in [-0.39, 0.29) is 19.0 Å². The van der Waals surface area contributed by atoms with Crippen molar-refractivity contribution < 1.29 is 23.4 Å². The van der Waals surface area contributed by atoms with Crippen LogP contribution in [0.15, 0.2) is 58.2 Å². The average molecular weight is 400 g/mol. The highest BCUT2D eigenvalue weighted by atomic mass is 32.2. The highest BCUT2D eigenvalue weighted by molar-refractivity contribution is 7.98. The molecule has 0 saturated heterocycles. The minimum atomic E-state index is -0.270. The minimum Gasteiger partial charge on any atom is -0.497 e. The predicted octanol–water partition coefficient (Wildman–Crippen LogP) is 3.67. The van der Waals surface area contributed by atoms with Crippen molar-refractivity contribution in [2.75, 3.05) is 14.2 Å². The Morgan fingerprint density at radius 2 is 1.71 bits per heavy atom. The molecule has 0 aliphatic heterocycles. The summed E-state index contributed by atoms with van der Waals surface area (Å²) in [6.07, 6.45) is 0.234. The molecule has 1 heterocycles. The van der Waals surface area contributed by atoms with Crippen molar-refractivity contribution >= 4 is 17.7 Å². The molecule has 7 nitrogen and oxygen atoms in total. The molecule has 28 heavy (non-hydrogen) atoms. The van der Waals surface area contributed by atoms with E-state index in [1.807, 2.05) is 48.5 Å². The molecule has 146 valence electrons. The highest BCUT2D eigenvalue weighted by Gasteiger charge is 2.11. The number of rotatable bonds is 9. The molecule has 3 aromatic rings. The molecule has 0 unspecified atom stereocenters. The van der Waals surface area contributed by atoms with Crippen molar-refractivity contribution in [2.24, 2.45) is 0 Å². The van der Waals surface area contributed by atoms with E-state index in [9.17, 15) is 4.79 Å². The van der Waals surface area contributed by atoms with Crippen LogP contribution in [0, 0.1) is 0 Å². The van der Waals surface area contributed by atoms with Gasteiger partial charge in [0.15, 0.2) is 6.61 Å². The summed E-state index contributed by atoms with van der Waals surface area (Å²) in [4.78, 5) is 11.5. The number of carbonyl (C=O) groups is 1. The van der Waals surface area contributed by atoms with Crippen molar-refractivity contribution in [3.8, 4) is 11.5 Å². The largest absolute Gasteiger partial charge is 0.497 e. The first-order chi connectivity index (χ1) is 13.7. The topological polar surface area (TPSA) is 83.7 Å². The first-order valence-corrected chi connectivity index (χ1v) is 9.52. The van der Waals surface area contributed by atoms with Gasteiger partial charge in [0.05, 0.1) is 20.6 Å². The fourth-order valence-corrected chi connectivity index (χ4v) is 3.22. The molecule has 0 saturated carbocycles. The van der Waals surface area contributed by atoms with Crippen LogP contribution < -0.4 is 9.47 Å². The number of hydrogen-bond donors (Lipinski definition) is 0. The summed E-state index contributed by atoms with van der Waals surface area (Å²) in [7, 11) is 3.00. The number of hydrogen-bond acceptors (Lipinski definition) is 8. The number of carbonyl (C=O) groups excluding carboxylic acids is 1. The summed E-state index contributed by atoms with van der Waals surface area (Å²) in [5, 5.41) is 8.48. The van der Waals surface area contributed by atoms with Crippen molar-refractivity contribution in [2.45, 2.75) is 24.0 Å². The van der Waals surface area contributed by atoms with Gasteiger partial charge in [0.1, 0.15) is 11.5 Å². The molecule has 0 atom stereocenters. The van der Waals surface area contributed by atoms with E-state index < -0.39 is 0 Å². The van der Waals surface area contributed by atoms with E-state index in [2.05, 4.69) is 10.2 Å². The van der Waals surface area contributed by atoms with Gasteiger partial charge in [0.2, 0.25) is 0 Å². The molecule has 8 heteroatoms. The van der Waals surface area contributed by atoms with Crippen LogP contribution in [0.25, 0.3) is 0 Å². The third-order valence-electron chi connectivity index (χ3n) is 3.90. The van der Waals surface area contributed by atoms with Gasteiger partial charge in [-0.25, -0.2) is 0 Å². The third kappa shape index (κ3) is 5.50. The average Bonchev–Trinajstić information content (AvgIpc) is 3.19. The predicted molar refractivity (Wildman–Crippen MR) is 103 cm³/mol. The zero-order valence-electron chi connectivity index (χ0n) is 15.6. The fraction of sp³-hybridized carbons (Fsp3) is 0.250. The summed E-state index contributed by atoms with van der Waals surface area (Å²) in [6.45, 7) is 0.179. The minimum absolute atomic E-state index is 0.179. The van der Waals surface area contributed by atoms with Gasteiger partial charge < -0.3 is 18.6 Å². The molecule has 0 amide bonds. The van der Waals surface area contributed by atoms with Crippen LogP contribution in [0.2, 0.25) is 0 Å². The first kappa shape index (κ1) is 19.8. The van der Waals surface area contributed by atoms with Crippen LogP contribution in [0.5, 0.6) is 11.5 Å². The molecule has 0 aliphatic rings. The molecule has 1 aromatic heterocycles. The van der Waals surface area contributed by atoms with Crippen LogP contribution in [0.4, 0.5) is 0 Å². The number of benzene rings is 2. The third-order valence-corrected chi connectivity index (χ3v) is 4.77. The zero-order valence-corrected chi connectivity index (χ0v) is 16.4. The molecule has 0 spiro atoms. The molecule has 0 aliphatic carbocycles. The number of esters is 1. The highest BCUT2D eigenvalue weighted by Crippen LogP contribution is 2.24. The Morgan fingerprint density at radius 1 is 1.00 bits per heavy atom. The van der Waals surface area contributed by atoms with Gasteiger partial charge in [-0.2, -0.15) is 0 Å². The Hall–Kier alpha value is -3.00. The maximum Gasteiger partial charge on any atom is 0.309 e. The smallest absolute Gasteiger partial charge is 0.309 e. The van der Waals surface area contributed by atoms with E-state index in [1.165, 1.54) is 18.9 Å². The molecular weight excluding hydrogens is 380 g/mol. The van der Waals surface area contributed by atoms with Gasteiger partial charge in [0.25, 0.3) is 11.1 Å². The molecule has 0 N–H and O–H groups in total. The van der Waals surface area contributed by atoms with Gasteiger partial charge in [-0.1, -0.05) is 36.0 Å². The summed E-state index contributed by atoms with van der Waals surface area (Å²) >= 11 is 1.41. The maximum atomic E-state index is 11.5. The molecule has 0 bridgehead atoms. The van der Waals surface area contributed by atoms with E-state index >= 15 is 0 Å². The standard InChI is InChI=1S/C20H20N2O5S/c1-24-16-7-9-17(10-8-16)26-12-18-21-22-20(27-18)28-13-15-6-4-3-5-14(15)11-19(23)25-2/h3-10H,11-13H2,1-2H3. The lowest BCUT2D eigenvalue weighted by molar-refractivity contribution is -0.139. The number of nitrogens with zero attached hydrogens (tertiary/aromatic N) is 2. The second-order valence-corrected chi connectivity index (χ2v) is 6.66. The van der Waals surface area contributed by atoms with E-state index in [0.29, 0.717) is 22.6 Å². The van der Waals surface area contributed by atoms with E-state index in [4.69, 9.17) is 18.6 Å². The fourth-order valence-electron chi connectivity index (χ4n) is 2.41. The Morgan fingerprint density at radius 3 is 2.43 bits per heavy atom. The molecule has 0 radical (unpaired) electrons. The van der Waals surface area contributed by atoms with E-state index in [1.54, 1.807) is 7.11 Å². The monoisotopic (exact) mass is 400 g/mol. The lowest BCUT2D eigenvalue weighted by atomic mass is 10.1. The second kappa shape index (κ2) is 9.80. The quantitative estimate of drug-likeness (QED) is 0.397. The summed E-state index contributed by atoms with van der Waals surface area (Å²) < 4.78 is 21.1. The second-order valence-electron chi connectivity index (χ2n) is 5.74. The van der Waals surface area contributed by atoms with Crippen LogP contribution in [0.3, 0.4) is 0 Å². The van der Waals surface area contributed by atoms with Gasteiger partial charge in [-0.05, 0) is 35.4 Å². The summed E-state index contributed by atoms with van der Waals surface area (Å²) in [6, 6.07) is 15.0. The normalized spacial score (nSPS) is 10.5. The van der Waals surface area contributed by atoms with Gasteiger partial charge >= 0.3 is 5.97 Å². The lowest BCUT2D eigenvalue weighted by Gasteiger charge is -2.07. The number of thioether (sulfide) groups is 1. The summed E-state index contributed by atoms with van der Waals surface area (Å²) in [5.41, 5.74) is 1.94. The summed E-state index contributed by atoms with van der Waals surface area (Å²) in [5.74, 6) is 2.17. The molecule has 0 fully saturated rings. The van der Waals surface area contributed by atoms with E-state index in [0.717, 1.165) is 16.9 Å². The molecular formula is C20H20N2O5S. The first-order valence-electron chi connectivity index (χ1n) is 8.53. The van der Waals surface area contributed by atoms with Crippen molar-refractivity contribution in [3.63, 3.8) is 0 Å². The number of aromatic nitrogens is 2. The van der Waals surface area contributed by atoms with Crippen LogP contribution in [-0.2, 0) is 28.3 Å². The SMILES string of the molecule is COC(=O)Cc1ccccc1CSc1nnc(COc2ccc(OC)cc2)o1. The van der Waals surface area contributed by atoms with Crippen molar-refractivity contribution in [1.82, 2.24) is 10.2 Å². The Balaban J connectivity index is 1.54. The van der Waals surface area contributed by atoms with Gasteiger partial charge in [-0.15, -0.1) is 10.2 Å². The van der Waals surface area contributed by atoms with Crippen LogP contribution >= 0.6 is 11.8 Å². The van der Waals surface area contributed by atoms with Gasteiger partial charge in [0, 0.05) is 5.75 Å². The lowest BCUT2D eigenvalue weighted by Crippen LogP contribution is -2.06. The Bertz CT molecular complexity index is 911.